The van der Waals surface area contributed by atoms with Gasteiger partial charge in [-0.25, -0.2) is 42.5 Å². The smallest absolute Gasteiger partial charge is 0.379 e. The van der Waals surface area contributed by atoms with E-state index in [4.69, 9.17) is 0 Å². The van der Waals surface area contributed by atoms with Crippen molar-refractivity contribution in [3.05, 3.63) is 69.4 Å². The Hall–Kier alpha value is -4.95. The summed E-state index contributed by atoms with van der Waals surface area (Å²) in [6, 6.07) is 0. The van der Waals surface area contributed by atoms with Gasteiger partial charge in [-0.05, 0) is 18.2 Å². The lowest BCUT2D eigenvalue weighted by molar-refractivity contribution is -0.152. The zero-order valence-electron chi connectivity index (χ0n) is 18.8. The van der Waals surface area contributed by atoms with E-state index >= 15 is 0 Å². The maximum Gasteiger partial charge on any atom is 0.379 e. The van der Waals surface area contributed by atoms with E-state index in [1.165, 1.54) is 0 Å². The van der Waals surface area contributed by atoms with E-state index < -0.39 is 91.8 Å². The van der Waals surface area contributed by atoms with Crippen molar-refractivity contribution in [2.75, 3.05) is 19.8 Å². The second kappa shape index (κ2) is 13.7. The van der Waals surface area contributed by atoms with Crippen LogP contribution in [0.15, 0.2) is 52.3 Å². The molecule has 1 aromatic heterocycles. The molecule has 0 saturated carbocycles. The molecule has 0 aliphatic carbocycles. The Bertz CT molecular complexity index is 1110. The van der Waals surface area contributed by atoms with Crippen molar-refractivity contribution in [2.45, 2.75) is 19.6 Å². The molecule has 0 aromatic carbocycles. The van der Waals surface area contributed by atoms with Gasteiger partial charge in [-0.15, -0.1) is 0 Å². The molecular formula is C21H21N3O12. The molecule has 0 bridgehead atoms. The van der Waals surface area contributed by atoms with Crippen molar-refractivity contribution >= 4 is 35.3 Å². The Morgan fingerprint density at radius 1 is 0.528 bits per heavy atom. The van der Waals surface area contributed by atoms with Gasteiger partial charge in [0.25, 0.3) is 17.3 Å². The highest BCUT2D eigenvalue weighted by Crippen LogP contribution is 1.89. The van der Waals surface area contributed by atoms with Crippen molar-refractivity contribution in [1.29, 1.82) is 0 Å². The van der Waals surface area contributed by atoms with Crippen molar-refractivity contribution in [2.24, 2.45) is 0 Å². The molecule has 0 unspecified atom stereocenters. The number of nitrogens with zero attached hydrogens (tertiary/aromatic N) is 3. The Labute approximate surface area is 201 Å². The lowest BCUT2D eigenvalue weighted by Gasteiger charge is -2.14. The largest absolute Gasteiger partial charge is 0.458 e. The summed E-state index contributed by atoms with van der Waals surface area (Å²) in [5, 5.41) is 0. The molecular weight excluding hydrogens is 486 g/mol. The number of ether oxygens (including phenoxy) is 3. The second-order valence-corrected chi connectivity index (χ2v) is 6.42. The second-order valence-electron chi connectivity index (χ2n) is 6.42. The van der Waals surface area contributed by atoms with Gasteiger partial charge in [0.2, 0.25) is 0 Å². The number of aromatic nitrogens is 3. The highest BCUT2D eigenvalue weighted by atomic mass is 16.5. The topological polar surface area (TPSA) is 196 Å². The lowest BCUT2D eigenvalue weighted by atomic mass is 10.4. The van der Waals surface area contributed by atoms with Crippen molar-refractivity contribution in [3.63, 3.8) is 0 Å². The summed E-state index contributed by atoms with van der Waals surface area (Å²) < 4.78 is 15.3. The Morgan fingerprint density at radius 3 is 0.944 bits per heavy atom. The highest BCUT2D eigenvalue weighted by Gasteiger charge is 2.19. The number of carbonyl (C=O) groups excluding carboxylic acids is 6. The highest BCUT2D eigenvalue weighted by molar-refractivity contribution is 6.38. The normalized spacial score (nSPS) is 10.0. The zero-order valence-corrected chi connectivity index (χ0v) is 18.8. The predicted octanol–water partition coefficient (Wildman–Crippen LogP) is -2.93. The molecule has 0 radical (unpaired) electrons. The summed E-state index contributed by atoms with van der Waals surface area (Å²) in [4.78, 5) is 106. The maximum absolute atomic E-state index is 12.7. The average molecular weight is 507 g/mol. The van der Waals surface area contributed by atoms with Crippen LogP contribution in [0.4, 0.5) is 0 Å². The van der Waals surface area contributed by atoms with E-state index in [1.54, 1.807) is 0 Å². The monoisotopic (exact) mass is 507 g/mol. The van der Waals surface area contributed by atoms with Crippen LogP contribution >= 0.6 is 0 Å². The van der Waals surface area contributed by atoms with Crippen LogP contribution in [-0.2, 0) is 62.6 Å². The van der Waals surface area contributed by atoms with Crippen molar-refractivity contribution in [3.8, 4) is 0 Å². The minimum absolute atomic E-state index is 0.473. The fourth-order valence-electron chi connectivity index (χ4n) is 2.41. The summed E-state index contributed by atoms with van der Waals surface area (Å²) in [5.74, 6) is -7.12. The standard InChI is InChI=1S/C21H21N3O12/c1-4-13(25)16(28)34-10-7-22-19(31)23(8-11-35-17(29)14(26)5-2)21(33)24(20(22)32)9-12-36-18(30)15(27)6-3/h4-6H,1-3,7-12H2. The molecule has 1 heterocycles. The van der Waals surface area contributed by atoms with Crippen LogP contribution in [0, 0.1) is 0 Å². The van der Waals surface area contributed by atoms with E-state index in [0.717, 1.165) is 0 Å². The Morgan fingerprint density at radius 2 is 0.750 bits per heavy atom. The van der Waals surface area contributed by atoms with E-state index in [2.05, 4.69) is 33.9 Å². The first kappa shape index (κ1) is 29.1. The minimum Gasteiger partial charge on any atom is -0.458 e. The fourth-order valence-corrected chi connectivity index (χ4v) is 2.41. The number of rotatable bonds is 15. The van der Waals surface area contributed by atoms with Crippen LogP contribution in [0.5, 0.6) is 0 Å². The molecule has 1 rings (SSSR count). The SMILES string of the molecule is C=CC(=O)C(=O)OCCn1c(=O)n(CCOC(=O)C(=O)C=C)c(=O)n(CCOC(=O)C(=O)C=C)c1=O. The van der Waals surface area contributed by atoms with Gasteiger partial charge in [0.05, 0.1) is 19.6 Å². The molecule has 0 atom stereocenters. The van der Waals surface area contributed by atoms with Crippen LogP contribution in [0.25, 0.3) is 0 Å². The first-order valence-electron chi connectivity index (χ1n) is 9.95. The molecule has 0 N–H and O–H groups in total. The number of hydrogen-bond acceptors (Lipinski definition) is 12. The van der Waals surface area contributed by atoms with Gasteiger partial charge in [-0.3, -0.25) is 14.4 Å². The van der Waals surface area contributed by atoms with Gasteiger partial charge < -0.3 is 14.2 Å². The van der Waals surface area contributed by atoms with Crippen LogP contribution in [0.3, 0.4) is 0 Å². The third-order valence-electron chi connectivity index (χ3n) is 4.19. The Balaban J connectivity index is 3.26. The molecule has 0 amide bonds. The summed E-state index contributed by atoms with van der Waals surface area (Å²) >= 11 is 0. The minimum atomic E-state index is -1.30. The maximum atomic E-state index is 12.7. The third kappa shape index (κ3) is 7.54. The van der Waals surface area contributed by atoms with Gasteiger partial charge >= 0.3 is 35.0 Å². The molecule has 36 heavy (non-hydrogen) atoms. The molecule has 0 aliphatic heterocycles. The quantitative estimate of drug-likeness (QED) is 0.102. The molecule has 15 heteroatoms. The van der Waals surface area contributed by atoms with Gasteiger partial charge in [0, 0.05) is 0 Å². The fraction of sp³-hybridized carbons (Fsp3) is 0.286. The first-order chi connectivity index (χ1) is 17.0. The van der Waals surface area contributed by atoms with Crippen LogP contribution in [-0.4, -0.2) is 68.8 Å². The lowest BCUT2D eigenvalue weighted by Crippen LogP contribution is -2.55. The zero-order chi connectivity index (χ0) is 27.4. The number of carbonyl (C=O) groups is 6. The third-order valence-corrected chi connectivity index (χ3v) is 4.19. The average Bonchev–Trinajstić information content (AvgIpc) is 2.87. The molecule has 15 nitrogen and oxygen atoms in total. The van der Waals surface area contributed by atoms with Crippen LogP contribution < -0.4 is 17.1 Å². The predicted molar refractivity (Wildman–Crippen MR) is 118 cm³/mol. The summed E-state index contributed by atoms with van der Waals surface area (Å²) in [5.41, 5.74) is -3.59. The summed E-state index contributed by atoms with van der Waals surface area (Å²) in [6.45, 7) is 5.62. The molecule has 1 aromatic rings. The number of ketones is 3. The number of hydrogen-bond donors (Lipinski definition) is 0. The van der Waals surface area contributed by atoms with Gasteiger partial charge in [0.15, 0.2) is 0 Å². The molecule has 192 valence electrons. The number of esters is 3. The van der Waals surface area contributed by atoms with Crippen molar-refractivity contribution in [1.82, 2.24) is 13.7 Å². The molecule has 0 aliphatic rings. The molecule has 0 spiro atoms. The van der Waals surface area contributed by atoms with Crippen LogP contribution in [0.2, 0.25) is 0 Å². The van der Waals surface area contributed by atoms with Crippen molar-refractivity contribution < 1.29 is 43.0 Å². The van der Waals surface area contributed by atoms with E-state index in [0.29, 0.717) is 31.9 Å². The van der Waals surface area contributed by atoms with Gasteiger partial charge in [-0.2, -0.15) is 0 Å². The first-order valence-corrected chi connectivity index (χ1v) is 9.95. The molecule has 0 fully saturated rings. The summed E-state index contributed by atoms with van der Waals surface area (Å²) in [7, 11) is 0. The molecule has 0 saturated heterocycles. The Kier molecular flexibility index (Phi) is 11.1. The van der Waals surface area contributed by atoms with E-state index in [9.17, 15) is 43.2 Å². The van der Waals surface area contributed by atoms with E-state index in [1.807, 2.05) is 0 Å². The van der Waals surface area contributed by atoms with Gasteiger partial charge in [-0.1, -0.05) is 19.7 Å². The van der Waals surface area contributed by atoms with Gasteiger partial charge in [0.1, 0.15) is 19.8 Å². The van der Waals surface area contributed by atoms with Crippen LogP contribution in [0.1, 0.15) is 0 Å². The van der Waals surface area contributed by atoms with E-state index in [-0.39, 0.29) is 0 Å². The summed E-state index contributed by atoms with van der Waals surface area (Å²) in [6.07, 6.45) is 2.08.